The van der Waals surface area contributed by atoms with Gasteiger partial charge >= 0.3 is 0 Å². The van der Waals surface area contributed by atoms with Gasteiger partial charge in [-0.1, -0.05) is 72.2 Å². The molecular weight excluding hydrogens is 411 g/mol. The van der Waals surface area contributed by atoms with E-state index in [4.69, 9.17) is 4.43 Å². The summed E-state index contributed by atoms with van der Waals surface area (Å²) in [5.41, 5.74) is 4.23. The van der Waals surface area contributed by atoms with E-state index < -0.39 is 8.32 Å². The molecule has 0 aliphatic heterocycles. The van der Waals surface area contributed by atoms with E-state index in [0.717, 1.165) is 19.3 Å². The van der Waals surface area contributed by atoms with Gasteiger partial charge in [0.25, 0.3) is 0 Å². The van der Waals surface area contributed by atoms with Crippen molar-refractivity contribution >= 4 is 30.9 Å². The molecule has 1 atom stereocenters. The summed E-state index contributed by atoms with van der Waals surface area (Å²) in [6.45, 7) is 20.4. The quantitative estimate of drug-likeness (QED) is 0.209. The maximum absolute atomic E-state index is 6.68. The van der Waals surface area contributed by atoms with Crippen LogP contribution >= 0.6 is 22.6 Å². The molecule has 134 valence electrons. The third-order valence-electron chi connectivity index (χ3n) is 4.52. The van der Waals surface area contributed by atoms with Crippen LogP contribution in [0, 0.1) is 0 Å². The molecule has 0 amide bonds. The fourth-order valence-corrected chi connectivity index (χ4v) is 3.56. The summed E-state index contributed by atoms with van der Waals surface area (Å²) >= 11 is 2.33. The van der Waals surface area contributed by atoms with Crippen LogP contribution in [0.25, 0.3) is 0 Å². The fourth-order valence-electron chi connectivity index (χ4n) is 2.04. The molecule has 0 bridgehead atoms. The van der Waals surface area contributed by atoms with Crippen LogP contribution in [0.4, 0.5) is 0 Å². The maximum Gasteiger partial charge on any atom is 0.192 e. The summed E-state index contributed by atoms with van der Waals surface area (Å²) in [5, 5.41) is 0.247. The van der Waals surface area contributed by atoms with Crippen LogP contribution in [0.5, 0.6) is 0 Å². The normalized spacial score (nSPS) is 15.6. The lowest BCUT2D eigenvalue weighted by molar-refractivity contribution is 0.224. The molecule has 1 nitrogen and oxygen atoms in total. The van der Waals surface area contributed by atoms with E-state index in [9.17, 15) is 0 Å². The Kier molecular flexibility index (Phi) is 10.2. The summed E-state index contributed by atoms with van der Waals surface area (Å²) < 4.78 is 8.85. The third-order valence-corrected chi connectivity index (χ3v) is 10.1. The lowest BCUT2D eigenvalue weighted by atomic mass is 10.1. The molecule has 0 aliphatic rings. The summed E-state index contributed by atoms with van der Waals surface area (Å²) in [7, 11) is -1.75. The monoisotopic (exact) mass is 448 g/mol. The van der Waals surface area contributed by atoms with Crippen LogP contribution in [0.2, 0.25) is 18.1 Å². The first-order chi connectivity index (χ1) is 10.4. The van der Waals surface area contributed by atoms with Crippen molar-refractivity contribution in [3.8, 4) is 0 Å². The number of halogens is 1. The van der Waals surface area contributed by atoms with Gasteiger partial charge in [0.15, 0.2) is 8.32 Å². The summed E-state index contributed by atoms with van der Waals surface area (Å²) in [6, 6.07) is 0. The van der Waals surface area contributed by atoms with E-state index in [0.29, 0.717) is 0 Å². The standard InChI is InChI=1S/C20H37IOSi/c1-16(2)11-10-12-17(3)13-19(14-18(4)15-21)22-23(8,9)20(5,6)7/h11,13,15,19H,10,12,14H2,1-9H3/b17-13+,18-15+/t19-/m0/s1. The molecule has 0 spiro atoms. The molecule has 0 unspecified atom stereocenters. The van der Waals surface area contributed by atoms with Crippen molar-refractivity contribution in [1.82, 2.24) is 0 Å². The maximum atomic E-state index is 6.68. The van der Waals surface area contributed by atoms with Crippen molar-refractivity contribution in [2.24, 2.45) is 0 Å². The van der Waals surface area contributed by atoms with Crippen molar-refractivity contribution in [3.05, 3.63) is 33.0 Å². The summed E-state index contributed by atoms with van der Waals surface area (Å²) in [5.74, 6) is 0. The Hall–Kier alpha value is 0.127. The van der Waals surface area contributed by atoms with Gasteiger partial charge in [0.1, 0.15) is 0 Å². The Balaban J connectivity index is 5.12. The van der Waals surface area contributed by atoms with E-state index in [1.54, 1.807) is 0 Å². The minimum absolute atomic E-state index is 0.202. The Bertz CT molecular complexity index is 449. The molecule has 0 fully saturated rings. The zero-order chi connectivity index (χ0) is 18.3. The third kappa shape index (κ3) is 9.88. The van der Waals surface area contributed by atoms with Crippen molar-refractivity contribution in [1.29, 1.82) is 0 Å². The minimum Gasteiger partial charge on any atom is -0.410 e. The molecule has 23 heavy (non-hydrogen) atoms. The van der Waals surface area contributed by atoms with Gasteiger partial charge in [0, 0.05) is 0 Å². The van der Waals surface area contributed by atoms with Crippen LogP contribution in [0.1, 0.15) is 67.7 Å². The Morgan fingerprint density at radius 2 is 1.65 bits per heavy atom. The molecule has 0 rings (SSSR count). The summed E-state index contributed by atoms with van der Waals surface area (Å²) in [6.07, 6.45) is 8.12. The average molecular weight is 449 g/mol. The van der Waals surface area contributed by atoms with Crippen molar-refractivity contribution in [2.45, 2.75) is 92.0 Å². The number of hydrogen-bond acceptors (Lipinski definition) is 1. The van der Waals surface area contributed by atoms with E-state index in [-0.39, 0.29) is 11.1 Å². The highest BCUT2D eigenvalue weighted by Crippen LogP contribution is 2.38. The SMILES string of the molecule is CC(C)=CCC/C(C)=C/[C@@H](C/C(C)=C/I)O[Si](C)(C)C(C)(C)C. The zero-order valence-electron chi connectivity index (χ0n) is 16.7. The lowest BCUT2D eigenvalue weighted by Crippen LogP contribution is -2.43. The lowest BCUT2D eigenvalue weighted by Gasteiger charge is -2.39. The first kappa shape index (κ1) is 23.1. The number of hydrogen-bond donors (Lipinski definition) is 0. The van der Waals surface area contributed by atoms with Gasteiger partial charge in [-0.25, -0.2) is 0 Å². The van der Waals surface area contributed by atoms with E-state index in [1.807, 2.05) is 0 Å². The van der Waals surface area contributed by atoms with Crippen LogP contribution in [0.3, 0.4) is 0 Å². The molecule has 0 aliphatic carbocycles. The van der Waals surface area contributed by atoms with Crippen LogP contribution in [-0.4, -0.2) is 14.4 Å². The van der Waals surface area contributed by atoms with Gasteiger partial charge < -0.3 is 4.43 Å². The minimum atomic E-state index is -1.75. The van der Waals surface area contributed by atoms with Crippen molar-refractivity contribution in [2.75, 3.05) is 0 Å². The molecule has 0 heterocycles. The molecule has 0 radical (unpaired) electrons. The Labute approximate surface area is 159 Å². The van der Waals surface area contributed by atoms with Crippen molar-refractivity contribution in [3.63, 3.8) is 0 Å². The average Bonchev–Trinajstić information content (AvgIpc) is 2.35. The Morgan fingerprint density at radius 1 is 1.09 bits per heavy atom. The van der Waals surface area contributed by atoms with Gasteiger partial charge in [-0.2, -0.15) is 0 Å². The predicted octanol–water partition coefficient (Wildman–Crippen LogP) is 7.80. The highest BCUT2D eigenvalue weighted by atomic mass is 127. The van der Waals surface area contributed by atoms with Gasteiger partial charge in [0.2, 0.25) is 0 Å². The van der Waals surface area contributed by atoms with Crippen molar-refractivity contribution < 1.29 is 4.43 Å². The molecule has 0 aromatic heterocycles. The second-order valence-corrected chi connectivity index (χ2v) is 13.8. The molecule has 3 heteroatoms. The Morgan fingerprint density at radius 3 is 2.09 bits per heavy atom. The van der Waals surface area contributed by atoms with E-state index >= 15 is 0 Å². The molecule has 0 saturated heterocycles. The number of allylic oxidation sites excluding steroid dienone is 3. The van der Waals surface area contributed by atoms with Crippen LogP contribution < -0.4 is 0 Å². The molecule has 0 aromatic rings. The van der Waals surface area contributed by atoms with Gasteiger partial charge in [-0.15, -0.1) is 0 Å². The van der Waals surface area contributed by atoms with E-state index in [1.165, 1.54) is 16.7 Å². The molecule has 0 aromatic carbocycles. The smallest absolute Gasteiger partial charge is 0.192 e. The molecule has 0 N–H and O–H groups in total. The topological polar surface area (TPSA) is 9.23 Å². The first-order valence-electron chi connectivity index (χ1n) is 8.63. The van der Waals surface area contributed by atoms with Gasteiger partial charge in [-0.05, 0) is 69.2 Å². The molecule has 0 saturated carbocycles. The first-order valence-corrected chi connectivity index (χ1v) is 12.8. The second kappa shape index (κ2) is 10.2. The highest BCUT2D eigenvalue weighted by molar-refractivity contribution is 14.1. The van der Waals surface area contributed by atoms with Gasteiger partial charge in [-0.3, -0.25) is 0 Å². The van der Waals surface area contributed by atoms with Crippen LogP contribution in [0.15, 0.2) is 33.0 Å². The zero-order valence-corrected chi connectivity index (χ0v) is 19.9. The van der Waals surface area contributed by atoms with Gasteiger partial charge in [0.05, 0.1) is 6.10 Å². The fraction of sp³-hybridized carbons (Fsp3) is 0.700. The second-order valence-electron chi connectivity index (χ2n) is 8.41. The highest BCUT2D eigenvalue weighted by Gasteiger charge is 2.38. The largest absolute Gasteiger partial charge is 0.410 e. The summed E-state index contributed by atoms with van der Waals surface area (Å²) in [4.78, 5) is 0. The predicted molar refractivity (Wildman–Crippen MR) is 117 cm³/mol. The molecular formula is C20H37IOSi. The van der Waals surface area contributed by atoms with Crippen LogP contribution in [-0.2, 0) is 4.43 Å². The van der Waals surface area contributed by atoms with E-state index in [2.05, 4.69) is 100 Å². The number of rotatable bonds is 8.